The van der Waals surface area contributed by atoms with E-state index in [1.807, 2.05) is 62.4 Å². The number of benzene rings is 3. The summed E-state index contributed by atoms with van der Waals surface area (Å²) in [4.78, 5) is 12.9. The second-order valence-corrected chi connectivity index (χ2v) is 7.73. The van der Waals surface area contributed by atoms with Crippen LogP contribution in [-0.2, 0) is 4.79 Å². The summed E-state index contributed by atoms with van der Waals surface area (Å²) in [5.74, 6) is 1.31. The van der Waals surface area contributed by atoms with Crippen molar-refractivity contribution < 1.29 is 14.3 Å². The Balaban J connectivity index is 1.87. The van der Waals surface area contributed by atoms with E-state index in [2.05, 4.69) is 5.32 Å². The second kappa shape index (κ2) is 10.2. The molecule has 4 nitrogen and oxygen atoms in total. The molecule has 0 aliphatic carbocycles. The smallest absolute Gasteiger partial charge is 0.225 e. The number of rotatable bonds is 8. The van der Waals surface area contributed by atoms with E-state index < -0.39 is 0 Å². The molecule has 1 N–H and O–H groups in total. The van der Waals surface area contributed by atoms with Crippen molar-refractivity contribution in [2.75, 3.05) is 12.4 Å². The van der Waals surface area contributed by atoms with Gasteiger partial charge in [-0.2, -0.15) is 0 Å². The lowest BCUT2D eigenvalue weighted by atomic mass is 9.87. The molecule has 30 heavy (non-hydrogen) atoms. The zero-order valence-corrected chi connectivity index (χ0v) is 18.1. The van der Waals surface area contributed by atoms with Crippen LogP contribution in [0.2, 0.25) is 5.02 Å². The molecule has 0 radical (unpaired) electrons. The second-order valence-electron chi connectivity index (χ2n) is 7.29. The third-order valence-corrected chi connectivity index (χ3v) is 4.94. The van der Waals surface area contributed by atoms with Gasteiger partial charge in [-0.15, -0.1) is 0 Å². The van der Waals surface area contributed by atoms with Crippen LogP contribution in [0, 0.1) is 0 Å². The zero-order chi connectivity index (χ0) is 21.5. The maximum absolute atomic E-state index is 12.9. The van der Waals surface area contributed by atoms with Crippen LogP contribution in [-0.4, -0.2) is 19.1 Å². The number of anilines is 1. The molecule has 3 aromatic rings. The molecule has 0 spiro atoms. The summed E-state index contributed by atoms with van der Waals surface area (Å²) in [6.45, 7) is 3.99. The normalized spacial score (nSPS) is 11.8. The molecule has 0 aromatic heterocycles. The quantitative estimate of drug-likeness (QED) is 0.462. The minimum atomic E-state index is -0.165. The maximum atomic E-state index is 12.9. The highest BCUT2D eigenvalue weighted by molar-refractivity contribution is 6.30. The first kappa shape index (κ1) is 21.7. The molecule has 1 atom stereocenters. The highest BCUT2D eigenvalue weighted by Crippen LogP contribution is 2.35. The lowest BCUT2D eigenvalue weighted by Gasteiger charge is -2.21. The first-order chi connectivity index (χ1) is 14.5. The number of amides is 1. The van der Waals surface area contributed by atoms with Gasteiger partial charge in [-0.25, -0.2) is 0 Å². The van der Waals surface area contributed by atoms with Gasteiger partial charge in [-0.1, -0.05) is 41.9 Å². The van der Waals surface area contributed by atoms with Crippen molar-refractivity contribution in [3.05, 3.63) is 88.9 Å². The van der Waals surface area contributed by atoms with Crippen LogP contribution in [0.3, 0.4) is 0 Å². The number of carbonyl (C=O) groups excluding carboxylic acids is 1. The van der Waals surface area contributed by atoms with Gasteiger partial charge >= 0.3 is 0 Å². The van der Waals surface area contributed by atoms with Gasteiger partial charge in [-0.05, 0) is 61.9 Å². The summed E-state index contributed by atoms with van der Waals surface area (Å²) in [6, 6.07) is 22.8. The average molecular weight is 424 g/mol. The van der Waals surface area contributed by atoms with Crippen molar-refractivity contribution in [3.63, 3.8) is 0 Å². The minimum absolute atomic E-state index is 0.0873. The van der Waals surface area contributed by atoms with Gasteiger partial charge in [-0.3, -0.25) is 4.79 Å². The van der Waals surface area contributed by atoms with E-state index >= 15 is 0 Å². The van der Waals surface area contributed by atoms with Crippen LogP contribution in [0.4, 0.5) is 5.69 Å². The van der Waals surface area contributed by atoms with E-state index in [0.29, 0.717) is 10.7 Å². The molecule has 3 aromatic carbocycles. The van der Waals surface area contributed by atoms with E-state index in [4.69, 9.17) is 21.1 Å². The topological polar surface area (TPSA) is 47.6 Å². The molecular weight excluding hydrogens is 398 g/mol. The van der Waals surface area contributed by atoms with E-state index in [-0.39, 0.29) is 24.3 Å². The molecule has 156 valence electrons. The Morgan fingerprint density at radius 3 is 2.27 bits per heavy atom. The third-order valence-electron chi connectivity index (χ3n) is 4.69. The maximum Gasteiger partial charge on any atom is 0.225 e. The van der Waals surface area contributed by atoms with Crippen LogP contribution in [0.15, 0.2) is 72.8 Å². The molecule has 0 aliphatic heterocycles. The van der Waals surface area contributed by atoms with Crippen LogP contribution >= 0.6 is 11.6 Å². The number of halogens is 1. The molecule has 5 heteroatoms. The SMILES string of the molecule is COc1ccccc1[C@H](CC(=O)Nc1ccc(Cl)cc1)c1ccc(OC(C)C)cc1. The summed E-state index contributed by atoms with van der Waals surface area (Å²) in [5, 5.41) is 3.58. The van der Waals surface area contributed by atoms with Crippen molar-refractivity contribution in [2.24, 2.45) is 0 Å². The summed E-state index contributed by atoms with van der Waals surface area (Å²) < 4.78 is 11.3. The first-order valence-corrected chi connectivity index (χ1v) is 10.3. The number of methoxy groups -OCH3 is 1. The van der Waals surface area contributed by atoms with Gasteiger partial charge in [0.05, 0.1) is 13.2 Å². The third kappa shape index (κ3) is 5.77. The molecule has 0 bridgehead atoms. The zero-order valence-electron chi connectivity index (χ0n) is 17.4. The standard InChI is InChI=1S/C25H26ClNO3/c1-17(2)30-21-14-8-18(9-15-21)23(22-6-4-5-7-24(22)29-3)16-25(28)27-20-12-10-19(26)11-13-20/h4-15,17,23H,16H2,1-3H3,(H,27,28)/t23-/m1/s1. The molecule has 3 rings (SSSR count). The number of hydrogen-bond acceptors (Lipinski definition) is 3. The molecule has 0 unspecified atom stereocenters. The lowest BCUT2D eigenvalue weighted by Crippen LogP contribution is -2.17. The van der Waals surface area contributed by atoms with Crippen molar-refractivity contribution in [1.29, 1.82) is 0 Å². The fourth-order valence-electron chi connectivity index (χ4n) is 3.34. The Labute approximate surface area is 182 Å². The molecule has 0 saturated carbocycles. The Morgan fingerprint density at radius 2 is 1.63 bits per heavy atom. The molecule has 0 fully saturated rings. The van der Waals surface area contributed by atoms with Gasteiger partial charge in [0.2, 0.25) is 5.91 Å². The summed E-state index contributed by atoms with van der Waals surface area (Å²) in [6.07, 6.45) is 0.374. The monoisotopic (exact) mass is 423 g/mol. The summed E-state index contributed by atoms with van der Waals surface area (Å²) >= 11 is 5.93. The number of para-hydroxylation sites is 1. The van der Waals surface area contributed by atoms with Gasteiger partial charge < -0.3 is 14.8 Å². The van der Waals surface area contributed by atoms with Crippen LogP contribution in [0.5, 0.6) is 11.5 Å². The highest BCUT2D eigenvalue weighted by atomic mass is 35.5. The van der Waals surface area contributed by atoms with E-state index in [1.165, 1.54) is 0 Å². The average Bonchev–Trinajstić information content (AvgIpc) is 2.74. The predicted molar refractivity (Wildman–Crippen MR) is 122 cm³/mol. The van der Waals surface area contributed by atoms with E-state index in [9.17, 15) is 4.79 Å². The number of hydrogen-bond donors (Lipinski definition) is 1. The van der Waals surface area contributed by atoms with Gasteiger partial charge in [0.1, 0.15) is 11.5 Å². The van der Waals surface area contributed by atoms with E-state index in [1.54, 1.807) is 31.4 Å². The summed E-state index contributed by atoms with van der Waals surface area (Å²) in [7, 11) is 1.64. The summed E-state index contributed by atoms with van der Waals surface area (Å²) in [5.41, 5.74) is 2.69. The van der Waals surface area contributed by atoms with Crippen LogP contribution in [0.1, 0.15) is 37.3 Å². The van der Waals surface area contributed by atoms with E-state index in [0.717, 1.165) is 22.6 Å². The lowest BCUT2D eigenvalue weighted by molar-refractivity contribution is -0.116. The van der Waals surface area contributed by atoms with Crippen LogP contribution in [0.25, 0.3) is 0 Å². The fourth-order valence-corrected chi connectivity index (χ4v) is 3.47. The number of ether oxygens (including phenoxy) is 2. The number of carbonyl (C=O) groups is 1. The van der Waals surface area contributed by atoms with Crippen molar-refractivity contribution in [3.8, 4) is 11.5 Å². The van der Waals surface area contributed by atoms with Gasteiger partial charge in [0.25, 0.3) is 0 Å². The Hall–Kier alpha value is -2.98. The Morgan fingerprint density at radius 1 is 0.967 bits per heavy atom. The number of nitrogens with one attached hydrogen (secondary N) is 1. The minimum Gasteiger partial charge on any atom is -0.496 e. The van der Waals surface area contributed by atoms with Crippen LogP contribution < -0.4 is 14.8 Å². The molecule has 0 saturated heterocycles. The van der Waals surface area contributed by atoms with Gasteiger partial charge in [0.15, 0.2) is 0 Å². The fraction of sp³-hybridized carbons (Fsp3) is 0.240. The molecule has 0 heterocycles. The van der Waals surface area contributed by atoms with Crippen molar-refractivity contribution >= 4 is 23.2 Å². The van der Waals surface area contributed by atoms with Crippen molar-refractivity contribution in [2.45, 2.75) is 32.3 Å². The van der Waals surface area contributed by atoms with Gasteiger partial charge in [0, 0.05) is 28.6 Å². The Kier molecular flexibility index (Phi) is 7.36. The molecular formula is C25H26ClNO3. The highest BCUT2D eigenvalue weighted by Gasteiger charge is 2.22. The largest absolute Gasteiger partial charge is 0.496 e. The molecule has 1 amide bonds. The predicted octanol–water partition coefficient (Wildman–Crippen LogP) is 6.30. The van der Waals surface area contributed by atoms with Crippen molar-refractivity contribution in [1.82, 2.24) is 0 Å². The Bertz CT molecular complexity index is 968. The molecule has 0 aliphatic rings. The first-order valence-electron chi connectivity index (χ1n) is 9.91.